The lowest BCUT2D eigenvalue weighted by Crippen LogP contribution is -2.76. The number of halogens is 1. The fourth-order valence-electron chi connectivity index (χ4n) is 4.91. The molecule has 1 amide bonds. The van der Waals surface area contributed by atoms with Crippen molar-refractivity contribution in [3.8, 4) is 0 Å². The smallest absolute Gasteiger partial charge is 0.261 e. The van der Waals surface area contributed by atoms with Gasteiger partial charge in [0.15, 0.2) is 0 Å². The molecule has 2 bridgehead atoms. The Kier molecular flexibility index (Phi) is 4.86. The van der Waals surface area contributed by atoms with Crippen molar-refractivity contribution in [1.29, 1.82) is 0 Å². The monoisotopic (exact) mass is 544 g/mol. The fraction of sp³-hybridized carbons (Fsp3) is 0.208. The van der Waals surface area contributed by atoms with Gasteiger partial charge in [0.2, 0.25) is 0 Å². The molecule has 3 fully saturated rings. The van der Waals surface area contributed by atoms with Gasteiger partial charge >= 0.3 is 0 Å². The van der Waals surface area contributed by atoms with Gasteiger partial charge in [0.25, 0.3) is 15.9 Å². The van der Waals surface area contributed by atoms with Crippen molar-refractivity contribution in [3.63, 3.8) is 0 Å². The molecule has 7 heteroatoms. The first kappa shape index (κ1) is 20.5. The summed E-state index contributed by atoms with van der Waals surface area (Å²) < 4.78 is 29.1. The summed E-state index contributed by atoms with van der Waals surface area (Å²) in [5, 5.41) is 3.17. The SMILES string of the molecule is O=C(NC12CC(c3ccccc3)(C1)C2)c1ccccc1NS(=O)(=O)c1ccc(I)cc1. The lowest BCUT2D eigenvalue weighted by molar-refractivity contribution is -0.0807. The zero-order chi connectivity index (χ0) is 21.7. The summed E-state index contributed by atoms with van der Waals surface area (Å²) in [6.45, 7) is 0. The van der Waals surface area contributed by atoms with E-state index < -0.39 is 10.0 Å². The highest BCUT2D eigenvalue weighted by Gasteiger charge is 2.68. The van der Waals surface area contributed by atoms with Gasteiger partial charge in [-0.05, 0) is 83.8 Å². The molecule has 0 radical (unpaired) electrons. The van der Waals surface area contributed by atoms with Gasteiger partial charge < -0.3 is 5.32 Å². The van der Waals surface area contributed by atoms with Crippen molar-refractivity contribution in [1.82, 2.24) is 5.32 Å². The molecule has 0 aromatic heterocycles. The van der Waals surface area contributed by atoms with Gasteiger partial charge in [-0.2, -0.15) is 0 Å². The summed E-state index contributed by atoms with van der Waals surface area (Å²) in [5.41, 5.74) is 1.94. The molecule has 0 aliphatic heterocycles. The minimum absolute atomic E-state index is 0.160. The Morgan fingerprint density at radius 2 is 1.45 bits per heavy atom. The molecule has 0 atom stereocenters. The van der Waals surface area contributed by atoms with Crippen LogP contribution in [0, 0.1) is 3.57 Å². The van der Waals surface area contributed by atoms with Gasteiger partial charge in [0.05, 0.1) is 16.1 Å². The first-order valence-electron chi connectivity index (χ1n) is 10.1. The summed E-state index contributed by atoms with van der Waals surface area (Å²) in [5.74, 6) is -0.248. The molecule has 0 unspecified atom stereocenters. The molecule has 31 heavy (non-hydrogen) atoms. The number of amides is 1. The minimum atomic E-state index is -3.79. The number of benzene rings is 3. The molecule has 3 saturated carbocycles. The second-order valence-electron chi connectivity index (χ2n) is 8.52. The number of nitrogens with one attached hydrogen (secondary N) is 2. The van der Waals surface area contributed by atoms with Crippen molar-refractivity contribution in [2.45, 2.75) is 35.1 Å². The van der Waals surface area contributed by atoms with E-state index >= 15 is 0 Å². The summed E-state index contributed by atoms with van der Waals surface area (Å²) in [4.78, 5) is 13.2. The highest BCUT2D eigenvalue weighted by atomic mass is 127. The second kappa shape index (κ2) is 7.34. The summed E-state index contributed by atoms with van der Waals surface area (Å²) in [6, 6.07) is 23.7. The third-order valence-corrected chi connectivity index (χ3v) is 8.44. The van der Waals surface area contributed by atoms with E-state index in [1.54, 1.807) is 48.5 Å². The molecule has 0 spiro atoms. The molecule has 3 aromatic rings. The molecule has 5 nitrogen and oxygen atoms in total. The fourth-order valence-corrected chi connectivity index (χ4v) is 6.35. The Balaban J connectivity index is 1.31. The lowest BCUT2D eigenvalue weighted by Gasteiger charge is -2.71. The average molecular weight is 544 g/mol. The predicted molar refractivity (Wildman–Crippen MR) is 129 cm³/mol. The number of rotatable bonds is 6. The van der Waals surface area contributed by atoms with Gasteiger partial charge in [-0.3, -0.25) is 9.52 Å². The molecule has 2 N–H and O–H groups in total. The van der Waals surface area contributed by atoms with E-state index in [4.69, 9.17) is 0 Å². The summed E-state index contributed by atoms with van der Waals surface area (Å²) >= 11 is 2.12. The van der Waals surface area contributed by atoms with Crippen LogP contribution in [0.3, 0.4) is 0 Å². The van der Waals surface area contributed by atoms with E-state index in [-0.39, 0.29) is 27.4 Å². The maximum absolute atomic E-state index is 13.1. The standard InChI is InChI=1S/C24H21IN2O3S/c25-18-10-12-19(13-11-18)31(29,30)27-21-9-5-4-8-20(21)22(28)26-24-14-23(15-24,16-24)17-6-2-1-3-7-17/h1-13,27H,14-16H2,(H,26,28). The molecule has 6 rings (SSSR count). The van der Waals surface area contributed by atoms with Gasteiger partial charge in [0, 0.05) is 14.5 Å². The molecular formula is C24H21IN2O3S. The maximum atomic E-state index is 13.1. The van der Waals surface area contributed by atoms with Crippen molar-refractivity contribution in [3.05, 3.63) is 93.6 Å². The van der Waals surface area contributed by atoms with Crippen LogP contribution < -0.4 is 10.0 Å². The number of hydrogen-bond donors (Lipinski definition) is 2. The van der Waals surface area contributed by atoms with E-state index in [9.17, 15) is 13.2 Å². The van der Waals surface area contributed by atoms with Gasteiger partial charge in [-0.25, -0.2) is 8.42 Å². The Morgan fingerprint density at radius 1 is 0.839 bits per heavy atom. The van der Waals surface area contributed by atoms with Crippen LogP contribution in [0.25, 0.3) is 0 Å². The molecule has 3 aromatic carbocycles. The van der Waals surface area contributed by atoms with E-state index in [1.165, 1.54) is 5.56 Å². The Bertz CT molecular complexity index is 1240. The third-order valence-electron chi connectivity index (χ3n) is 6.34. The van der Waals surface area contributed by atoms with Crippen LogP contribution in [0.2, 0.25) is 0 Å². The quantitative estimate of drug-likeness (QED) is 0.442. The number of para-hydroxylation sites is 1. The van der Waals surface area contributed by atoms with E-state index in [2.05, 4.69) is 56.9 Å². The number of carbonyl (C=O) groups is 1. The minimum Gasteiger partial charge on any atom is -0.346 e. The second-order valence-corrected chi connectivity index (χ2v) is 11.4. The maximum Gasteiger partial charge on any atom is 0.261 e. The lowest BCUT2D eigenvalue weighted by atomic mass is 9.37. The van der Waals surface area contributed by atoms with Crippen LogP contribution in [0.4, 0.5) is 5.69 Å². The Hall–Kier alpha value is -2.39. The summed E-state index contributed by atoms with van der Waals surface area (Å²) in [6.07, 6.45) is 2.77. The van der Waals surface area contributed by atoms with Crippen LogP contribution in [0.5, 0.6) is 0 Å². The van der Waals surface area contributed by atoms with Crippen LogP contribution in [-0.4, -0.2) is 19.9 Å². The zero-order valence-corrected chi connectivity index (χ0v) is 19.6. The van der Waals surface area contributed by atoms with Gasteiger partial charge in [-0.15, -0.1) is 0 Å². The van der Waals surface area contributed by atoms with Crippen LogP contribution in [0.15, 0.2) is 83.8 Å². The highest BCUT2D eigenvalue weighted by molar-refractivity contribution is 14.1. The first-order chi connectivity index (χ1) is 14.8. The number of anilines is 1. The van der Waals surface area contributed by atoms with Crippen LogP contribution in [0.1, 0.15) is 35.2 Å². The topological polar surface area (TPSA) is 75.3 Å². The Labute approximate surface area is 195 Å². The number of hydrogen-bond acceptors (Lipinski definition) is 3. The predicted octanol–water partition coefficient (Wildman–Crippen LogP) is 4.70. The average Bonchev–Trinajstić information content (AvgIpc) is 2.70. The van der Waals surface area contributed by atoms with Crippen molar-refractivity contribution < 1.29 is 13.2 Å². The third kappa shape index (κ3) is 3.63. The van der Waals surface area contributed by atoms with Crippen molar-refractivity contribution in [2.75, 3.05) is 4.72 Å². The number of sulfonamides is 1. The van der Waals surface area contributed by atoms with Crippen molar-refractivity contribution in [2.24, 2.45) is 0 Å². The van der Waals surface area contributed by atoms with Crippen molar-refractivity contribution >= 4 is 44.2 Å². The van der Waals surface area contributed by atoms with Crippen LogP contribution in [-0.2, 0) is 15.4 Å². The largest absolute Gasteiger partial charge is 0.346 e. The normalized spacial score (nSPS) is 23.9. The highest BCUT2D eigenvalue weighted by Crippen LogP contribution is 2.67. The molecular weight excluding hydrogens is 523 g/mol. The molecule has 3 aliphatic rings. The van der Waals surface area contributed by atoms with E-state index in [1.807, 2.05) is 6.07 Å². The first-order valence-corrected chi connectivity index (χ1v) is 12.6. The zero-order valence-electron chi connectivity index (χ0n) is 16.6. The van der Waals surface area contributed by atoms with E-state index in [0.29, 0.717) is 5.56 Å². The Morgan fingerprint density at radius 3 is 2.13 bits per heavy atom. The molecule has 158 valence electrons. The molecule has 3 aliphatic carbocycles. The molecule has 0 saturated heterocycles. The van der Waals surface area contributed by atoms with E-state index in [0.717, 1.165) is 22.8 Å². The van der Waals surface area contributed by atoms with Gasteiger partial charge in [0.1, 0.15) is 0 Å². The van der Waals surface area contributed by atoms with Gasteiger partial charge in [-0.1, -0.05) is 42.5 Å². The molecule has 0 heterocycles. The van der Waals surface area contributed by atoms with Crippen LogP contribution >= 0.6 is 22.6 Å². The summed E-state index contributed by atoms with van der Waals surface area (Å²) in [7, 11) is -3.79. The number of carbonyl (C=O) groups excluding carboxylic acids is 1.